The molecule has 0 bridgehead atoms. The molecule has 0 aromatic rings. The van der Waals surface area contributed by atoms with E-state index in [2.05, 4.69) is 10.8 Å². The van der Waals surface area contributed by atoms with Gasteiger partial charge in [-0.05, 0) is 60.8 Å². The van der Waals surface area contributed by atoms with Gasteiger partial charge in [0.2, 0.25) is 10.0 Å². The standard InChI is InChI=1S/C23H39F3N2O7S/c1-9-20(5,18(30)35-16(2)12-22(7,31)23(24,25)26)14-21(6,13-19(3,4)15-27)17(29)34-11-10-28-36(8,32)33/h16,28,31H,9-14H2,1-8H3. The lowest BCUT2D eigenvalue weighted by Gasteiger charge is -2.39. The quantitative estimate of drug-likeness (QED) is 0.250. The van der Waals surface area contributed by atoms with Crippen molar-refractivity contribution in [1.29, 1.82) is 5.26 Å². The van der Waals surface area contributed by atoms with Crippen molar-refractivity contribution in [2.24, 2.45) is 16.2 Å². The Morgan fingerprint density at radius 3 is 2.00 bits per heavy atom. The molecule has 0 saturated heterocycles. The van der Waals surface area contributed by atoms with E-state index in [0.29, 0.717) is 6.92 Å². The molecule has 0 fully saturated rings. The molecular formula is C23H39F3N2O7S. The van der Waals surface area contributed by atoms with Crippen LogP contribution in [0.4, 0.5) is 13.2 Å². The highest BCUT2D eigenvalue weighted by atomic mass is 32.2. The second kappa shape index (κ2) is 12.1. The van der Waals surface area contributed by atoms with Gasteiger partial charge < -0.3 is 14.6 Å². The van der Waals surface area contributed by atoms with Crippen LogP contribution in [0.5, 0.6) is 0 Å². The normalized spacial score (nSPS) is 18.6. The van der Waals surface area contributed by atoms with Crippen LogP contribution in [-0.2, 0) is 29.1 Å². The average Bonchev–Trinajstić information content (AvgIpc) is 2.68. The summed E-state index contributed by atoms with van der Waals surface area (Å²) in [6.07, 6.45) is -6.15. The largest absolute Gasteiger partial charge is 0.464 e. The Morgan fingerprint density at radius 2 is 1.58 bits per heavy atom. The molecule has 2 N–H and O–H groups in total. The van der Waals surface area contributed by atoms with Crippen molar-refractivity contribution in [1.82, 2.24) is 4.72 Å². The molecule has 0 spiro atoms. The van der Waals surface area contributed by atoms with Crippen molar-refractivity contribution >= 4 is 22.0 Å². The van der Waals surface area contributed by atoms with E-state index in [1.54, 1.807) is 20.8 Å². The number of hydrogen-bond donors (Lipinski definition) is 2. The van der Waals surface area contributed by atoms with E-state index in [9.17, 15) is 41.5 Å². The van der Waals surface area contributed by atoms with Crippen LogP contribution in [0.3, 0.4) is 0 Å². The number of rotatable bonds is 14. The van der Waals surface area contributed by atoms with Crippen molar-refractivity contribution in [3.8, 4) is 6.07 Å². The average molecular weight is 545 g/mol. The highest BCUT2D eigenvalue weighted by Gasteiger charge is 2.52. The number of nitriles is 1. The van der Waals surface area contributed by atoms with E-state index in [-0.39, 0.29) is 32.4 Å². The van der Waals surface area contributed by atoms with Crippen molar-refractivity contribution in [2.45, 2.75) is 92.0 Å². The molecule has 0 aliphatic rings. The Balaban J connectivity index is 5.80. The van der Waals surface area contributed by atoms with Crippen molar-refractivity contribution in [3.05, 3.63) is 0 Å². The molecule has 36 heavy (non-hydrogen) atoms. The van der Waals surface area contributed by atoms with Gasteiger partial charge in [-0.2, -0.15) is 18.4 Å². The molecule has 0 amide bonds. The number of alkyl halides is 3. The molecule has 0 aromatic heterocycles. The van der Waals surface area contributed by atoms with E-state index >= 15 is 0 Å². The maximum Gasteiger partial charge on any atom is 0.417 e. The van der Waals surface area contributed by atoms with Gasteiger partial charge in [-0.15, -0.1) is 0 Å². The first-order valence-corrected chi connectivity index (χ1v) is 13.4. The molecular weight excluding hydrogens is 505 g/mol. The predicted octanol–water partition coefficient (Wildman–Crippen LogP) is 3.47. The molecule has 0 saturated carbocycles. The van der Waals surface area contributed by atoms with Gasteiger partial charge in [-0.3, -0.25) is 9.59 Å². The van der Waals surface area contributed by atoms with Crippen LogP contribution in [-0.4, -0.2) is 62.8 Å². The summed E-state index contributed by atoms with van der Waals surface area (Å²) < 4.78 is 74.2. The number of carbonyl (C=O) groups is 2. The second-order valence-corrected chi connectivity index (χ2v) is 12.7. The molecule has 0 aliphatic heterocycles. The second-order valence-electron chi connectivity index (χ2n) is 10.8. The minimum absolute atomic E-state index is 0.0178. The van der Waals surface area contributed by atoms with Crippen LogP contribution in [0.25, 0.3) is 0 Å². The number of esters is 2. The number of nitrogens with zero attached hydrogens (tertiary/aromatic N) is 1. The van der Waals surface area contributed by atoms with E-state index in [0.717, 1.165) is 6.26 Å². The molecule has 0 rings (SSSR count). The van der Waals surface area contributed by atoms with Crippen LogP contribution in [0, 0.1) is 27.6 Å². The Kier molecular flexibility index (Phi) is 11.4. The zero-order chi connectivity index (χ0) is 28.8. The van der Waals surface area contributed by atoms with Crippen LogP contribution >= 0.6 is 0 Å². The van der Waals surface area contributed by atoms with Crippen molar-refractivity contribution in [3.63, 3.8) is 0 Å². The molecule has 4 atom stereocenters. The SMILES string of the molecule is CCC(C)(CC(C)(CC(C)(C)C#N)C(=O)OCCNS(C)(=O)=O)C(=O)OC(C)CC(C)(O)C(F)(F)F. The monoisotopic (exact) mass is 544 g/mol. The van der Waals surface area contributed by atoms with E-state index < -0.39 is 62.5 Å². The zero-order valence-corrected chi connectivity index (χ0v) is 23.0. The molecule has 0 radical (unpaired) electrons. The maximum absolute atomic E-state index is 13.1. The molecule has 13 heteroatoms. The maximum atomic E-state index is 13.1. The summed E-state index contributed by atoms with van der Waals surface area (Å²) in [5.41, 5.74) is -6.81. The lowest BCUT2D eigenvalue weighted by Crippen LogP contribution is -2.46. The van der Waals surface area contributed by atoms with Crippen molar-refractivity contribution < 1.29 is 45.8 Å². The highest BCUT2D eigenvalue weighted by Crippen LogP contribution is 2.45. The Morgan fingerprint density at radius 1 is 1.06 bits per heavy atom. The first-order chi connectivity index (χ1) is 15.9. The Bertz CT molecular complexity index is 929. The number of aliphatic hydroxyl groups is 1. The third kappa shape index (κ3) is 10.6. The number of halogens is 3. The first-order valence-electron chi connectivity index (χ1n) is 11.5. The summed E-state index contributed by atoms with van der Waals surface area (Å²) >= 11 is 0. The Hall–Kier alpha value is -1.91. The van der Waals surface area contributed by atoms with Gasteiger partial charge in [0.05, 0.1) is 28.6 Å². The number of nitrogens with one attached hydrogen (secondary N) is 1. The van der Waals surface area contributed by atoms with E-state index in [1.165, 1.54) is 20.8 Å². The van der Waals surface area contributed by atoms with Gasteiger partial charge in [-0.25, -0.2) is 13.1 Å². The summed E-state index contributed by atoms with van der Waals surface area (Å²) in [6, 6.07) is 2.09. The lowest BCUT2D eigenvalue weighted by molar-refractivity contribution is -0.261. The summed E-state index contributed by atoms with van der Waals surface area (Å²) in [5, 5.41) is 19.2. The fourth-order valence-corrected chi connectivity index (χ4v) is 4.47. The summed E-state index contributed by atoms with van der Waals surface area (Å²) in [6.45, 7) is 9.23. The molecule has 0 aliphatic carbocycles. The Labute approximate surface area is 211 Å². The van der Waals surface area contributed by atoms with Gasteiger partial charge in [0, 0.05) is 13.0 Å². The van der Waals surface area contributed by atoms with Crippen molar-refractivity contribution in [2.75, 3.05) is 19.4 Å². The minimum atomic E-state index is -4.92. The number of hydrogen-bond acceptors (Lipinski definition) is 8. The number of ether oxygens (including phenoxy) is 2. The predicted molar refractivity (Wildman–Crippen MR) is 126 cm³/mol. The van der Waals surface area contributed by atoms with Gasteiger partial charge in [0.15, 0.2) is 5.60 Å². The fraction of sp³-hybridized carbons (Fsp3) is 0.870. The molecule has 0 aromatic carbocycles. The fourth-order valence-electron chi connectivity index (χ4n) is 4.01. The number of carbonyl (C=O) groups excluding carboxylic acids is 2. The van der Waals surface area contributed by atoms with E-state index in [1.807, 2.05) is 0 Å². The summed E-state index contributed by atoms with van der Waals surface area (Å²) in [5.74, 6) is -1.62. The lowest BCUT2D eigenvalue weighted by atomic mass is 9.65. The van der Waals surface area contributed by atoms with Crippen LogP contribution in [0.15, 0.2) is 0 Å². The highest BCUT2D eigenvalue weighted by molar-refractivity contribution is 7.88. The first kappa shape index (κ1) is 34.1. The summed E-state index contributed by atoms with van der Waals surface area (Å²) in [7, 11) is -3.50. The number of sulfonamides is 1. The molecule has 4 unspecified atom stereocenters. The summed E-state index contributed by atoms with van der Waals surface area (Å²) in [4.78, 5) is 26.2. The zero-order valence-electron chi connectivity index (χ0n) is 22.2. The van der Waals surface area contributed by atoms with Gasteiger partial charge in [-0.1, -0.05) is 6.92 Å². The molecule has 9 nitrogen and oxygen atoms in total. The van der Waals surface area contributed by atoms with E-state index in [4.69, 9.17) is 9.47 Å². The van der Waals surface area contributed by atoms with Crippen LogP contribution in [0.1, 0.15) is 74.1 Å². The third-order valence-corrected chi connectivity index (χ3v) is 6.71. The van der Waals surface area contributed by atoms with Crippen LogP contribution < -0.4 is 4.72 Å². The topological polar surface area (TPSA) is 143 Å². The molecule has 0 heterocycles. The van der Waals surface area contributed by atoms with Crippen LogP contribution in [0.2, 0.25) is 0 Å². The van der Waals surface area contributed by atoms with Gasteiger partial charge in [0.1, 0.15) is 12.7 Å². The van der Waals surface area contributed by atoms with Gasteiger partial charge in [0.25, 0.3) is 0 Å². The third-order valence-electron chi connectivity index (χ3n) is 5.98. The minimum Gasteiger partial charge on any atom is -0.464 e. The smallest absolute Gasteiger partial charge is 0.417 e. The molecule has 210 valence electrons. The van der Waals surface area contributed by atoms with Gasteiger partial charge >= 0.3 is 18.1 Å².